The number of benzene rings is 2. The summed E-state index contributed by atoms with van der Waals surface area (Å²) in [5.41, 5.74) is 3.10. The van der Waals surface area contributed by atoms with Crippen LogP contribution in [0.4, 0.5) is 28.7 Å². The van der Waals surface area contributed by atoms with Gasteiger partial charge in [0.1, 0.15) is 23.7 Å². The molecule has 1 saturated heterocycles. The lowest BCUT2D eigenvalue weighted by molar-refractivity contribution is 0.313. The largest absolute Gasteiger partial charge is 0.495 e. The predicted octanol–water partition coefficient (Wildman–Crippen LogP) is 3.72. The number of rotatable bonds is 6. The lowest BCUT2D eigenvalue weighted by atomic mass is 10.2. The van der Waals surface area contributed by atoms with Crippen molar-refractivity contribution in [1.82, 2.24) is 14.9 Å². The van der Waals surface area contributed by atoms with Gasteiger partial charge in [-0.2, -0.15) is 0 Å². The van der Waals surface area contributed by atoms with E-state index in [2.05, 4.69) is 61.7 Å². The Hall–Kier alpha value is -3.32. The molecule has 2 N–H and O–H groups in total. The van der Waals surface area contributed by atoms with Crippen molar-refractivity contribution in [2.75, 3.05) is 55.9 Å². The molecule has 0 unspecified atom stereocenters. The van der Waals surface area contributed by atoms with Gasteiger partial charge in [0, 0.05) is 43.6 Å². The minimum absolute atomic E-state index is 0.695. The van der Waals surface area contributed by atoms with Gasteiger partial charge in [-0.25, -0.2) is 9.97 Å². The molecule has 29 heavy (non-hydrogen) atoms. The molecule has 0 radical (unpaired) electrons. The van der Waals surface area contributed by atoms with Gasteiger partial charge in [-0.15, -0.1) is 0 Å². The standard InChI is InChI=1S/C22H26N6O/c1-27-11-13-28(14-12-27)18-9-7-17(8-10-18)25-21-15-22(24-16-23-21)26-19-5-3-4-6-20(19)29-2/h3-10,15-16H,11-14H2,1-2H3,(H2,23,24,25,26). The number of para-hydroxylation sites is 2. The maximum Gasteiger partial charge on any atom is 0.142 e. The summed E-state index contributed by atoms with van der Waals surface area (Å²) in [5.74, 6) is 2.19. The van der Waals surface area contributed by atoms with Crippen LogP contribution in [0, 0.1) is 0 Å². The number of likely N-dealkylation sites (N-methyl/N-ethyl adjacent to an activating group) is 1. The number of piperazine rings is 1. The minimum atomic E-state index is 0.695. The Kier molecular flexibility index (Phi) is 5.76. The first kappa shape index (κ1) is 19.0. The normalized spacial score (nSPS) is 14.5. The van der Waals surface area contributed by atoms with Crippen LogP contribution in [-0.4, -0.2) is 55.2 Å². The summed E-state index contributed by atoms with van der Waals surface area (Å²) in [4.78, 5) is 13.4. The number of nitrogens with one attached hydrogen (secondary N) is 2. The van der Waals surface area contributed by atoms with Crippen molar-refractivity contribution >= 4 is 28.7 Å². The van der Waals surface area contributed by atoms with Gasteiger partial charge in [0.25, 0.3) is 0 Å². The minimum Gasteiger partial charge on any atom is -0.495 e. The molecule has 0 bridgehead atoms. The van der Waals surface area contributed by atoms with Gasteiger partial charge in [-0.1, -0.05) is 12.1 Å². The molecule has 3 aromatic rings. The van der Waals surface area contributed by atoms with E-state index in [1.54, 1.807) is 13.4 Å². The first-order valence-corrected chi connectivity index (χ1v) is 9.74. The smallest absolute Gasteiger partial charge is 0.142 e. The summed E-state index contributed by atoms with van der Waals surface area (Å²) in [6.07, 6.45) is 1.54. The fourth-order valence-electron chi connectivity index (χ4n) is 3.35. The molecule has 0 saturated carbocycles. The maximum absolute atomic E-state index is 5.38. The van der Waals surface area contributed by atoms with E-state index < -0.39 is 0 Å². The number of methoxy groups -OCH3 is 1. The van der Waals surface area contributed by atoms with Crippen molar-refractivity contribution in [1.29, 1.82) is 0 Å². The number of aromatic nitrogens is 2. The van der Waals surface area contributed by atoms with E-state index in [1.165, 1.54) is 5.69 Å². The van der Waals surface area contributed by atoms with Crippen LogP contribution in [0.3, 0.4) is 0 Å². The second-order valence-corrected chi connectivity index (χ2v) is 7.08. The zero-order valence-corrected chi connectivity index (χ0v) is 16.8. The molecular weight excluding hydrogens is 364 g/mol. The molecule has 2 heterocycles. The van der Waals surface area contributed by atoms with Gasteiger partial charge >= 0.3 is 0 Å². The molecule has 4 rings (SSSR count). The summed E-state index contributed by atoms with van der Waals surface area (Å²) < 4.78 is 5.38. The molecule has 0 amide bonds. The molecule has 150 valence electrons. The Morgan fingerprint density at radius 1 is 0.862 bits per heavy atom. The van der Waals surface area contributed by atoms with Crippen LogP contribution in [0.1, 0.15) is 0 Å². The third kappa shape index (κ3) is 4.75. The molecule has 7 heteroatoms. The number of hydrogen-bond acceptors (Lipinski definition) is 7. The van der Waals surface area contributed by atoms with E-state index in [9.17, 15) is 0 Å². The lowest BCUT2D eigenvalue weighted by Gasteiger charge is -2.34. The van der Waals surface area contributed by atoms with Gasteiger partial charge in [0.2, 0.25) is 0 Å². The van der Waals surface area contributed by atoms with Crippen molar-refractivity contribution in [3.63, 3.8) is 0 Å². The summed E-state index contributed by atoms with van der Waals surface area (Å²) in [7, 11) is 3.82. The molecule has 1 aliphatic heterocycles. The first-order valence-electron chi connectivity index (χ1n) is 9.74. The van der Waals surface area contributed by atoms with Gasteiger partial charge in [0.05, 0.1) is 12.8 Å². The van der Waals surface area contributed by atoms with E-state index in [-0.39, 0.29) is 0 Å². The highest BCUT2D eigenvalue weighted by Crippen LogP contribution is 2.27. The fourth-order valence-corrected chi connectivity index (χ4v) is 3.35. The number of hydrogen-bond donors (Lipinski definition) is 2. The fraction of sp³-hybridized carbons (Fsp3) is 0.273. The molecule has 2 aromatic carbocycles. The Morgan fingerprint density at radius 2 is 1.55 bits per heavy atom. The molecule has 0 spiro atoms. The van der Waals surface area contributed by atoms with Crippen molar-refractivity contribution < 1.29 is 4.74 Å². The number of nitrogens with zero attached hydrogens (tertiary/aromatic N) is 4. The molecule has 7 nitrogen and oxygen atoms in total. The lowest BCUT2D eigenvalue weighted by Crippen LogP contribution is -2.44. The Labute approximate surface area is 171 Å². The highest BCUT2D eigenvalue weighted by atomic mass is 16.5. The zero-order chi connectivity index (χ0) is 20.1. The average Bonchev–Trinajstić information content (AvgIpc) is 2.76. The zero-order valence-electron chi connectivity index (χ0n) is 16.8. The quantitative estimate of drug-likeness (QED) is 0.665. The van der Waals surface area contributed by atoms with Crippen molar-refractivity contribution in [3.8, 4) is 5.75 Å². The molecule has 1 fully saturated rings. The molecule has 0 aliphatic carbocycles. The Bertz CT molecular complexity index is 938. The summed E-state index contributed by atoms with van der Waals surface area (Å²) in [6, 6.07) is 18.1. The van der Waals surface area contributed by atoms with Crippen LogP contribution in [0.5, 0.6) is 5.75 Å². The van der Waals surface area contributed by atoms with Crippen LogP contribution in [0.25, 0.3) is 0 Å². The van der Waals surface area contributed by atoms with E-state index >= 15 is 0 Å². The second kappa shape index (κ2) is 8.79. The van der Waals surface area contributed by atoms with Crippen LogP contribution in [-0.2, 0) is 0 Å². The highest BCUT2D eigenvalue weighted by Gasteiger charge is 2.14. The van der Waals surface area contributed by atoms with E-state index in [0.717, 1.165) is 49.1 Å². The first-order chi connectivity index (χ1) is 14.2. The molecular formula is C22H26N6O. The summed E-state index contributed by atoms with van der Waals surface area (Å²) >= 11 is 0. The van der Waals surface area contributed by atoms with Crippen LogP contribution >= 0.6 is 0 Å². The highest BCUT2D eigenvalue weighted by molar-refractivity contribution is 5.67. The van der Waals surface area contributed by atoms with Crippen LogP contribution in [0.2, 0.25) is 0 Å². The second-order valence-electron chi connectivity index (χ2n) is 7.08. The molecule has 1 aliphatic rings. The third-order valence-electron chi connectivity index (χ3n) is 5.04. The maximum atomic E-state index is 5.38. The average molecular weight is 390 g/mol. The number of anilines is 5. The third-order valence-corrected chi connectivity index (χ3v) is 5.04. The van der Waals surface area contributed by atoms with E-state index in [1.807, 2.05) is 30.3 Å². The van der Waals surface area contributed by atoms with Crippen LogP contribution < -0.4 is 20.3 Å². The predicted molar refractivity (Wildman–Crippen MR) is 118 cm³/mol. The topological polar surface area (TPSA) is 65.6 Å². The van der Waals surface area contributed by atoms with Gasteiger partial charge < -0.3 is 25.2 Å². The van der Waals surface area contributed by atoms with E-state index in [4.69, 9.17) is 4.74 Å². The summed E-state index contributed by atoms with van der Waals surface area (Å²) in [5, 5.41) is 6.63. The SMILES string of the molecule is COc1ccccc1Nc1cc(Nc2ccc(N3CCN(C)CC3)cc2)ncn1. The van der Waals surface area contributed by atoms with Crippen LogP contribution in [0.15, 0.2) is 60.9 Å². The molecule has 0 atom stereocenters. The van der Waals surface area contributed by atoms with Crippen molar-refractivity contribution in [2.45, 2.75) is 0 Å². The van der Waals surface area contributed by atoms with Crippen molar-refractivity contribution in [3.05, 3.63) is 60.9 Å². The van der Waals surface area contributed by atoms with Gasteiger partial charge in [-0.3, -0.25) is 0 Å². The summed E-state index contributed by atoms with van der Waals surface area (Å²) in [6.45, 7) is 4.33. The van der Waals surface area contributed by atoms with Gasteiger partial charge in [0.15, 0.2) is 0 Å². The Balaban J connectivity index is 1.42. The van der Waals surface area contributed by atoms with E-state index in [0.29, 0.717) is 5.82 Å². The van der Waals surface area contributed by atoms with Gasteiger partial charge in [-0.05, 0) is 43.4 Å². The monoisotopic (exact) mass is 390 g/mol. The number of ether oxygens (including phenoxy) is 1. The Morgan fingerprint density at radius 3 is 2.28 bits per heavy atom. The van der Waals surface area contributed by atoms with Crippen molar-refractivity contribution in [2.24, 2.45) is 0 Å². The molecule has 1 aromatic heterocycles.